The molecule has 0 aromatic heterocycles. The predicted octanol–water partition coefficient (Wildman–Crippen LogP) is 2.38. The first kappa shape index (κ1) is 12.5. The third-order valence-electron chi connectivity index (χ3n) is 1.51. The summed E-state index contributed by atoms with van der Waals surface area (Å²) in [6.07, 6.45) is 2.09. The van der Waals surface area contributed by atoms with Gasteiger partial charge in [0.1, 0.15) is 0 Å². The number of rotatable bonds is 7. The van der Waals surface area contributed by atoms with Crippen LogP contribution in [0.2, 0.25) is 6.55 Å². The summed E-state index contributed by atoms with van der Waals surface area (Å²) in [6, 6.07) is 0. The zero-order valence-electron chi connectivity index (χ0n) is 8.30. The Morgan fingerprint density at radius 1 is 1.08 bits per heavy atom. The third-order valence-corrected chi connectivity index (χ3v) is 5.44. The van der Waals surface area contributed by atoms with E-state index in [1.165, 1.54) is 0 Å². The highest BCUT2D eigenvalue weighted by Crippen LogP contribution is 2.09. The van der Waals surface area contributed by atoms with Crippen molar-refractivity contribution in [3.8, 4) is 0 Å². The van der Waals surface area contributed by atoms with Gasteiger partial charge in [-0.15, -0.1) is 0 Å². The van der Waals surface area contributed by atoms with Crippen molar-refractivity contribution in [1.82, 2.24) is 0 Å². The highest BCUT2D eigenvalue weighted by atomic mass is 32.1. The molecule has 74 valence electrons. The fourth-order valence-electron chi connectivity index (χ4n) is 0.769. The predicted molar refractivity (Wildman–Crippen MR) is 58.0 cm³/mol. The lowest BCUT2D eigenvalue weighted by atomic mass is 10.5. The second kappa shape index (κ2) is 6.94. The van der Waals surface area contributed by atoms with Gasteiger partial charge in [0.25, 0.3) is 0 Å². The van der Waals surface area contributed by atoms with E-state index in [0.29, 0.717) is 0 Å². The van der Waals surface area contributed by atoms with E-state index in [4.69, 9.17) is 8.85 Å². The summed E-state index contributed by atoms with van der Waals surface area (Å²) >= 11 is 4.26. The Labute approximate surface area is 82.3 Å². The molecule has 0 saturated carbocycles. The Balaban J connectivity index is 3.70. The smallest absolute Gasteiger partial charge is 0.344 e. The molecule has 0 atom stereocenters. The van der Waals surface area contributed by atoms with Crippen molar-refractivity contribution in [2.75, 3.05) is 18.6 Å². The van der Waals surface area contributed by atoms with E-state index in [0.717, 1.165) is 31.4 Å². The summed E-state index contributed by atoms with van der Waals surface area (Å²) in [5.74, 6) is 0. The molecule has 0 aromatic rings. The van der Waals surface area contributed by atoms with Gasteiger partial charge in [0, 0.05) is 18.6 Å². The summed E-state index contributed by atoms with van der Waals surface area (Å²) in [7, 11) is -1.90. The zero-order valence-corrected chi connectivity index (χ0v) is 10.2. The molecule has 0 aliphatic carbocycles. The lowest BCUT2D eigenvalue weighted by molar-refractivity contribution is 0.178. The topological polar surface area (TPSA) is 18.5 Å². The van der Waals surface area contributed by atoms with Gasteiger partial charge in [-0.1, -0.05) is 13.8 Å². The van der Waals surface area contributed by atoms with Crippen LogP contribution < -0.4 is 0 Å². The molecule has 0 saturated heterocycles. The maximum atomic E-state index is 5.67. The van der Waals surface area contributed by atoms with Gasteiger partial charge in [0.15, 0.2) is 0 Å². The molecule has 0 spiro atoms. The molecule has 0 aromatic carbocycles. The first-order valence-electron chi connectivity index (χ1n) is 4.57. The van der Waals surface area contributed by atoms with Crippen molar-refractivity contribution in [2.24, 2.45) is 0 Å². The van der Waals surface area contributed by atoms with E-state index < -0.39 is 8.56 Å². The molecule has 0 amide bonds. The molecule has 0 heterocycles. The summed E-state index contributed by atoms with van der Waals surface area (Å²) in [4.78, 5) is 0. The molecule has 0 unspecified atom stereocenters. The van der Waals surface area contributed by atoms with E-state index in [1.54, 1.807) is 0 Å². The Morgan fingerprint density at radius 2 is 1.50 bits per heavy atom. The standard InChI is InChI=1S/C8H20O2SSi/c1-4-6-9-12(3,8-11)10-7-5-2/h11H,4-8H2,1-3H3. The Hall–Kier alpha value is 0.487. The number of hydrogen-bond acceptors (Lipinski definition) is 3. The SMILES string of the molecule is CCCO[Si](C)(CS)OCCC. The van der Waals surface area contributed by atoms with Crippen molar-refractivity contribution in [3.05, 3.63) is 0 Å². The molecular weight excluding hydrogens is 188 g/mol. The molecule has 0 rings (SSSR count). The van der Waals surface area contributed by atoms with Crippen molar-refractivity contribution in [3.63, 3.8) is 0 Å². The Morgan fingerprint density at radius 3 is 1.75 bits per heavy atom. The maximum Gasteiger partial charge on any atom is 0.344 e. The zero-order chi connectivity index (χ0) is 9.45. The van der Waals surface area contributed by atoms with Crippen LogP contribution in [0.25, 0.3) is 0 Å². The minimum absolute atomic E-state index is 0.743. The van der Waals surface area contributed by atoms with Gasteiger partial charge in [0.2, 0.25) is 0 Å². The van der Waals surface area contributed by atoms with Gasteiger partial charge in [-0.05, 0) is 19.4 Å². The molecule has 4 heteroatoms. The minimum Gasteiger partial charge on any atom is -0.394 e. The molecule has 0 radical (unpaired) electrons. The van der Waals surface area contributed by atoms with E-state index in [1.807, 2.05) is 0 Å². The van der Waals surface area contributed by atoms with Crippen molar-refractivity contribution >= 4 is 21.2 Å². The normalized spacial score (nSPS) is 12.0. The summed E-state index contributed by atoms with van der Waals surface area (Å²) in [5.41, 5.74) is 0. The average molecular weight is 208 g/mol. The Kier molecular flexibility index (Phi) is 7.23. The summed E-state index contributed by atoms with van der Waals surface area (Å²) < 4.78 is 11.3. The minimum atomic E-state index is -1.90. The quantitative estimate of drug-likeness (QED) is 0.511. The van der Waals surface area contributed by atoms with E-state index in [9.17, 15) is 0 Å². The van der Waals surface area contributed by atoms with Crippen molar-refractivity contribution in [1.29, 1.82) is 0 Å². The van der Waals surface area contributed by atoms with Crippen LogP contribution in [0, 0.1) is 0 Å². The van der Waals surface area contributed by atoms with Crippen LogP contribution in [0.1, 0.15) is 26.7 Å². The molecule has 0 fully saturated rings. The molecule has 0 N–H and O–H groups in total. The third kappa shape index (κ3) is 5.19. The van der Waals surface area contributed by atoms with E-state index in [2.05, 4.69) is 33.0 Å². The van der Waals surface area contributed by atoms with Crippen LogP contribution in [0.5, 0.6) is 0 Å². The number of hydrogen-bond donors (Lipinski definition) is 1. The highest BCUT2D eigenvalue weighted by Gasteiger charge is 2.28. The van der Waals surface area contributed by atoms with Gasteiger partial charge < -0.3 is 8.85 Å². The largest absolute Gasteiger partial charge is 0.394 e. The fourth-order valence-corrected chi connectivity index (χ4v) is 2.85. The summed E-state index contributed by atoms with van der Waals surface area (Å²) in [6.45, 7) is 7.88. The lowest BCUT2D eigenvalue weighted by Crippen LogP contribution is -2.42. The number of thiol groups is 1. The van der Waals surface area contributed by atoms with E-state index >= 15 is 0 Å². The van der Waals surface area contributed by atoms with Gasteiger partial charge in [-0.25, -0.2) is 0 Å². The molecule has 0 bridgehead atoms. The molecule has 2 nitrogen and oxygen atoms in total. The monoisotopic (exact) mass is 208 g/mol. The molecule has 0 aliphatic heterocycles. The second-order valence-electron chi connectivity index (χ2n) is 2.99. The van der Waals surface area contributed by atoms with Gasteiger partial charge in [-0.2, -0.15) is 12.6 Å². The van der Waals surface area contributed by atoms with Crippen LogP contribution in [-0.2, 0) is 8.85 Å². The molecule has 0 aliphatic rings. The Bertz CT molecular complexity index is 103. The lowest BCUT2D eigenvalue weighted by Gasteiger charge is -2.24. The first-order valence-corrected chi connectivity index (χ1v) is 7.73. The van der Waals surface area contributed by atoms with Crippen LogP contribution in [0.3, 0.4) is 0 Å². The maximum absolute atomic E-state index is 5.67. The van der Waals surface area contributed by atoms with Crippen LogP contribution in [0.15, 0.2) is 0 Å². The van der Waals surface area contributed by atoms with E-state index in [-0.39, 0.29) is 0 Å². The van der Waals surface area contributed by atoms with Crippen LogP contribution >= 0.6 is 12.6 Å². The summed E-state index contributed by atoms with van der Waals surface area (Å²) in [5, 5.41) is 0.743. The van der Waals surface area contributed by atoms with Crippen molar-refractivity contribution in [2.45, 2.75) is 33.2 Å². The van der Waals surface area contributed by atoms with Crippen molar-refractivity contribution < 1.29 is 8.85 Å². The van der Waals surface area contributed by atoms with Crippen LogP contribution in [-0.4, -0.2) is 27.2 Å². The van der Waals surface area contributed by atoms with Crippen LogP contribution in [0.4, 0.5) is 0 Å². The van der Waals surface area contributed by atoms with Gasteiger partial charge in [-0.3, -0.25) is 0 Å². The second-order valence-corrected chi connectivity index (χ2v) is 7.10. The van der Waals surface area contributed by atoms with Gasteiger partial charge in [0.05, 0.1) is 0 Å². The first-order chi connectivity index (χ1) is 5.68. The molecule has 12 heavy (non-hydrogen) atoms. The fraction of sp³-hybridized carbons (Fsp3) is 1.00. The highest BCUT2D eigenvalue weighted by molar-refractivity contribution is 7.82. The van der Waals surface area contributed by atoms with Gasteiger partial charge >= 0.3 is 8.56 Å². The molecular formula is C8H20O2SSi. The average Bonchev–Trinajstić information content (AvgIpc) is 2.11.